The fraction of sp³-hybridized carbons (Fsp3) is 0.291. The number of rotatable bonds is 15. The molecule has 0 atom stereocenters. The van der Waals surface area contributed by atoms with E-state index in [1.54, 1.807) is 13.0 Å². The Labute approximate surface area is 717 Å². The lowest BCUT2D eigenvalue weighted by Gasteiger charge is -2.15. The summed E-state index contributed by atoms with van der Waals surface area (Å²) in [5.41, 5.74) is 20.9. The first kappa shape index (κ1) is 100. The van der Waals surface area contributed by atoms with Crippen LogP contribution >= 0.6 is 85.3 Å². The van der Waals surface area contributed by atoms with Gasteiger partial charge in [-0.2, -0.15) is 0 Å². The molecule has 0 aliphatic carbocycles. The first-order valence-electron chi connectivity index (χ1n) is 35.5. The Hall–Kier alpha value is -10.5. The summed E-state index contributed by atoms with van der Waals surface area (Å²) in [7, 11) is 9.78. The van der Waals surface area contributed by atoms with Gasteiger partial charge in [-0.15, -0.1) is 0 Å². The second-order valence-corrected chi connectivity index (χ2v) is 32.0. The number of aromatic nitrogens is 10. The second kappa shape index (κ2) is 47.5. The number of aliphatic imine (C=N–C) groups is 1. The highest BCUT2D eigenvalue weighted by Crippen LogP contribution is 2.61. The Morgan fingerprint density at radius 3 is 0.992 bits per heavy atom. The molecule has 0 radical (unpaired) electrons. The lowest BCUT2D eigenvalue weighted by atomic mass is 9.99. The number of fused-ring (bicyclic) bond motifs is 6. The number of Topliss-reactive ketones (excluding diaryl/α,β-unsaturated/α-hetero) is 2. The standard InChI is InChI=1S/C12H12FNO2.4C11H10ClFN2O.C11H11FN2O2.C7H9FN2O.C5H8O3.Cl3OP/c1-3-9-11(15)4-7-5-12(16-2)8(13)6-10(7)14-9;2*1-3-7-11(12)15-8-4-6(13)10(16-2)5-9(8)14-7;2*1-3-7-11(12)15-9-5-10(16-2)6(13)4-8(9)14-7;1-3-7-11(15)14-8-4-6(12)10(16-2)5-9(8)13-7;1-11-7-3-6(10)5(9)2-4(7)8;1-3-8-5(7)4(2)6;1-5(2,3)4/h5-6H,3-4H2,1-2H3;4*4-5H,3H2,1-2H3;4-5H,3H2,1-2H3,(H,14,15);2-3H,9-10H2,1H3;3H2,1-2H3;. The maximum Gasteiger partial charge on any atom is 0.374 e. The van der Waals surface area contributed by atoms with Crippen LogP contribution in [-0.4, -0.2) is 129 Å². The number of ether oxygens (including phenoxy) is 8. The molecule has 1 aliphatic heterocycles. The van der Waals surface area contributed by atoms with Crippen molar-refractivity contribution in [3.8, 4) is 40.2 Å². The van der Waals surface area contributed by atoms with Crippen LogP contribution in [0.5, 0.6) is 40.2 Å². The highest BCUT2D eigenvalue weighted by atomic mass is 36.0. The molecule has 642 valence electrons. The van der Waals surface area contributed by atoms with E-state index in [9.17, 15) is 54.5 Å². The van der Waals surface area contributed by atoms with Crippen molar-refractivity contribution >= 4 is 181 Å². The molecule has 5 N–H and O–H groups in total. The first-order chi connectivity index (χ1) is 56.7. The molecule has 120 heavy (non-hydrogen) atoms. The number of carbonyl (C=O) groups is 3. The van der Waals surface area contributed by atoms with Crippen LogP contribution in [0.2, 0.25) is 20.6 Å². The number of anilines is 2. The number of hydrogen-bond donors (Lipinski definition) is 3. The summed E-state index contributed by atoms with van der Waals surface area (Å²) >= 11 is 37.5. The predicted molar refractivity (Wildman–Crippen MR) is 453 cm³/mol. The van der Waals surface area contributed by atoms with Crippen molar-refractivity contribution in [1.29, 1.82) is 0 Å². The number of halogens is 14. The Bertz CT molecular complexity index is 5440. The van der Waals surface area contributed by atoms with Crippen molar-refractivity contribution in [2.45, 2.75) is 100 Å². The minimum Gasteiger partial charge on any atom is -0.494 e. The van der Waals surface area contributed by atoms with E-state index in [0.29, 0.717) is 160 Å². The number of nitrogens with two attached hydrogens (primary N) is 2. The topological polar surface area (TPSA) is 355 Å². The first-order valence-corrected chi connectivity index (χ1v) is 41.5. The summed E-state index contributed by atoms with van der Waals surface area (Å²) in [5, 5.41) is -1.88. The van der Waals surface area contributed by atoms with Gasteiger partial charge in [-0.25, -0.2) is 85.4 Å². The minimum absolute atomic E-state index is 0.00339. The summed E-state index contributed by atoms with van der Waals surface area (Å²) in [4.78, 5) is 87.8. The van der Waals surface area contributed by atoms with Gasteiger partial charge in [-0.05, 0) is 90.8 Å². The van der Waals surface area contributed by atoms with Gasteiger partial charge in [0.05, 0.1) is 157 Å². The maximum absolute atomic E-state index is 13.4. The van der Waals surface area contributed by atoms with Crippen LogP contribution in [-0.2, 0) is 62.2 Å². The van der Waals surface area contributed by atoms with E-state index in [1.807, 2.05) is 41.5 Å². The van der Waals surface area contributed by atoms with Gasteiger partial charge < -0.3 is 54.3 Å². The fourth-order valence-electron chi connectivity index (χ4n) is 10.1. The highest BCUT2D eigenvalue weighted by Gasteiger charge is 2.22. The molecule has 0 amide bonds. The van der Waals surface area contributed by atoms with E-state index in [2.05, 4.69) is 98.0 Å². The highest BCUT2D eigenvalue weighted by molar-refractivity contribution is 8.24. The van der Waals surface area contributed by atoms with Crippen LogP contribution < -0.4 is 50.2 Å². The molecule has 13 rings (SSSR count). The van der Waals surface area contributed by atoms with Gasteiger partial charge in [0.2, 0.25) is 5.78 Å². The summed E-state index contributed by atoms with van der Waals surface area (Å²) in [6, 6.07) is 19.2. The lowest BCUT2D eigenvalue weighted by Crippen LogP contribution is -2.19. The van der Waals surface area contributed by atoms with E-state index >= 15 is 0 Å². The molecule has 12 aromatic rings. The molecule has 0 saturated heterocycles. The molecule has 1 aliphatic rings. The number of hydrogen-bond acceptors (Lipinski definition) is 25. The lowest BCUT2D eigenvalue weighted by molar-refractivity contribution is -0.152. The molecular formula is C79H80Cl7F7N13O13P. The van der Waals surface area contributed by atoms with E-state index in [4.69, 9.17) is 86.3 Å². The zero-order valence-electron chi connectivity index (χ0n) is 66.9. The Morgan fingerprint density at radius 2 is 0.675 bits per heavy atom. The van der Waals surface area contributed by atoms with Crippen LogP contribution in [0.15, 0.2) is 94.7 Å². The average Bonchev–Trinajstić information content (AvgIpc) is 0.827. The van der Waals surface area contributed by atoms with Crippen LogP contribution in [0, 0.1) is 40.7 Å². The summed E-state index contributed by atoms with van der Waals surface area (Å²) < 4.78 is 141. The van der Waals surface area contributed by atoms with Crippen molar-refractivity contribution < 1.29 is 87.6 Å². The number of H-pyrrole nitrogens is 1. The SMILES string of the molecule is CCC1=Nc2cc(F)c(OC)cc2CC1=O.CCOC(=O)C(C)=O.CCc1nc2cc(F)c(OC)cc2nc1Cl.CCc1nc2cc(F)c(OC)cc2nc1Cl.CCc1nc2cc(OC)c(F)cc2[nH]c1=O.CCc1nc2cc(OC)c(F)cc2nc1Cl.CCc1nc2cc(OC)c(F)cc2nc1Cl.COc1cc(N)c(N)cc1F.O=P(Cl)(Cl)Cl. The van der Waals surface area contributed by atoms with Crippen LogP contribution in [0.25, 0.3) is 55.2 Å². The molecule has 41 heteroatoms. The number of nitrogens with zero attached hydrogens (tertiary/aromatic N) is 10. The van der Waals surface area contributed by atoms with Crippen molar-refractivity contribution in [3.05, 3.63) is 191 Å². The molecule has 5 aromatic heterocycles. The number of nitrogen functional groups attached to an aromatic ring is 2. The van der Waals surface area contributed by atoms with Gasteiger partial charge in [0.1, 0.15) is 5.69 Å². The van der Waals surface area contributed by atoms with Gasteiger partial charge in [-0.3, -0.25) is 18.9 Å². The molecule has 0 spiro atoms. The molecule has 0 saturated carbocycles. The van der Waals surface area contributed by atoms with E-state index < -0.39 is 57.7 Å². The number of carbonyl (C=O) groups excluding carboxylic acids is 3. The van der Waals surface area contributed by atoms with Gasteiger partial charge in [0.25, 0.3) is 5.56 Å². The zero-order chi connectivity index (χ0) is 89.7. The molecule has 0 bridgehead atoms. The number of nitrogens with one attached hydrogen (secondary N) is 1. The minimum atomic E-state index is -3.22. The molecule has 0 unspecified atom stereocenters. The smallest absolute Gasteiger partial charge is 0.374 e. The third kappa shape index (κ3) is 28.6. The third-order valence-corrected chi connectivity index (χ3v) is 17.3. The molecule has 6 heterocycles. The van der Waals surface area contributed by atoms with Gasteiger partial charge in [0, 0.05) is 92.2 Å². The number of ketones is 2. The normalized spacial score (nSPS) is 11.0. The largest absolute Gasteiger partial charge is 0.494 e. The Kier molecular flexibility index (Phi) is 39.6. The van der Waals surface area contributed by atoms with Crippen molar-refractivity contribution in [1.82, 2.24) is 49.8 Å². The fourth-order valence-corrected chi connectivity index (χ4v) is 11.1. The van der Waals surface area contributed by atoms with Gasteiger partial charge >= 0.3 is 11.2 Å². The van der Waals surface area contributed by atoms with Crippen LogP contribution in [0.3, 0.4) is 0 Å². The summed E-state index contributed by atoms with van der Waals surface area (Å²) in [6.45, 7) is 14.5. The number of aromatic amines is 1. The monoisotopic (exact) mass is 1830 g/mol. The molecule has 26 nitrogen and oxygen atoms in total. The number of benzene rings is 7. The third-order valence-electron chi connectivity index (χ3n) is 16.1. The number of esters is 1. The number of methoxy groups -OCH3 is 7. The maximum atomic E-state index is 13.4. The zero-order valence-corrected chi connectivity index (χ0v) is 73.1. The van der Waals surface area contributed by atoms with E-state index in [0.717, 1.165) is 11.6 Å². The average molecular weight is 1830 g/mol. The molecule has 7 aromatic carbocycles. The van der Waals surface area contributed by atoms with Crippen molar-refractivity contribution in [2.75, 3.05) is 67.8 Å². The van der Waals surface area contributed by atoms with Crippen molar-refractivity contribution in [2.24, 2.45) is 4.99 Å². The van der Waals surface area contributed by atoms with E-state index in [1.165, 1.54) is 129 Å². The summed E-state index contributed by atoms with van der Waals surface area (Å²) in [5.74, 6) is -3.63. The van der Waals surface area contributed by atoms with Crippen LogP contribution in [0.4, 0.5) is 47.8 Å². The van der Waals surface area contributed by atoms with Gasteiger partial charge in [0.15, 0.2) is 107 Å². The van der Waals surface area contributed by atoms with Crippen LogP contribution in [0.1, 0.15) is 95.8 Å². The Morgan fingerprint density at radius 1 is 0.400 bits per heavy atom. The second-order valence-electron chi connectivity index (χ2n) is 23.9. The molecule has 0 fully saturated rings. The summed E-state index contributed by atoms with van der Waals surface area (Å²) in [6.07, 6.45) is 4.07. The quantitative estimate of drug-likeness (QED) is 0.0282. The predicted octanol–water partition coefficient (Wildman–Crippen LogP) is 20.0. The van der Waals surface area contributed by atoms with E-state index in [-0.39, 0.29) is 70.3 Å². The van der Waals surface area contributed by atoms with Gasteiger partial charge in [-0.1, -0.05) is 87.9 Å². The van der Waals surface area contributed by atoms with Crippen molar-refractivity contribution in [3.63, 3.8) is 0 Å². The number of aryl methyl sites for hydroxylation is 5. The molecular weight excluding hydrogens is 1750 g/mol. The Balaban J connectivity index is 0.000000244.